The van der Waals surface area contributed by atoms with Crippen LogP contribution >= 0.6 is 0 Å². The van der Waals surface area contributed by atoms with E-state index >= 15 is 0 Å². The van der Waals surface area contributed by atoms with Crippen molar-refractivity contribution in [2.75, 3.05) is 19.0 Å². The van der Waals surface area contributed by atoms with Gasteiger partial charge in [0, 0.05) is 5.69 Å². The molecule has 0 saturated heterocycles. The van der Waals surface area contributed by atoms with Gasteiger partial charge in [0.15, 0.2) is 0 Å². The van der Waals surface area contributed by atoms with Crippen molar-refractivity contribution in [3.8, 4) is 11.8 Å². The first kappa shape index (κ1) is 30.2. The molecular formula is C29H38N4O5. The van der Waals surface area contributed by atoms with Gasteiger partial charge in [0.2, 0.25) is 5.91 Å². The Balaban J connectivity index is 2.53. The Labute approximate surface area is 225 Å². The van der Waals surface area contributed by atoms with Crippen LogP contribution in [0.3, 0.4) is 0 Å². The lowest BCUT2D eigenvalue weighted by Gasteiger charge is -2.34. The minimum Gasteiger partial charge on any atom is -0.497 e. The van der Waals surface area contributed by atoms with Crippen LogP contribution in [0, 0.1) is 31.1 Å². The Bertz CT molecular complexity index is 1180. The molecule has 9 heteroatoms. The van der Waals surface area contributed by atoms with Gasteiger partial charge in [-0.3, -0.25) is 9.59 Å². The number of amides is 3. The molecule has 3 amide bonds. The number of benzene rings is 2. The minimum absolute atomic E-state index is 0.347. The summed E-state index contributed by atoms with van der Waals surface area (Å²) < 4.78 is 10.5. The average molecular weight is 523 g/mol. The van der Waals surface area contributed by atoms with Gasteiger partial charge in [-0.05, 0) is 75.9 Å². The van der Waals surface area contributed by atoms with E-state index in [1.807, 2.05) is 32.0 Å². The van der Waals surface area contributed by atoms with Crippen LogP contribution in [0.25, 0.3) is 0 Å². The molecule has 0 spiro atoms. The molecule has 0 fully saturated rings. The first-order chi connectivity index (χ1) is 17.8. The molecule has 2 aromatic rings. The van der Waals surface area contributed by atoms with Gasteiger partial charge in [-0.2, -0.15) is 5.26 Å². The molecule has 9 nitrogen and oxygen atoms in total. The Morgan fingerprint density at radius 1 is 1.05 bits per heavy atom. The number of aryl methyl sites for hydroxylation is 2. The zero-order valence-electron chi connectivity index (χ0n) is 23.4. The van der Waals surface area contributed by atoms with E-state index in [9.17, 15) is 19.6 Å². The molecule has 0 aliphatic rings. The summed E-state index contributed by atoms with van der Waals surface area (Å²) in [7, 11) is 1.55. The van der Waals surface area contributed by atoms with Gasteiger partial charge in [0.25, 0.3) is 5.91 Å². The zero-order chi connectivity index (χ0) is 28.6. The van der Waals surface area contributed by atoms with Crippen molar-refractivity contribution < 1.29 is 23.9 Å². The highest BCUT2D eigenvalue weighted by atomic mass is 16.6. The van der Waals surface area contributed by atoms with Crippen molar-refractivity contribution in [3.05, 3.63) is 59.2 Å². The summed E-state index contributed by atoms with van der Waals surface area (Å²) in [6.07, 6.45) is -0.757. The number of nitriles is 1. The van der Waals surface area contributed by atoms with Crippen molar-refractivity contribution in [1.82, 2.24) is 10.2 Å². The molecule has 0 radical (unpaired) electrons. The number of nitrogens with zero attached hydrogens (tertiary/aromatic N) is 2. The second-order valence-corrected chi connectivity index (χ2v) is 10.5. The van der Waals surface area contributed by atoms with Gasteiger partial charge in [-0.1, -0.05) is 37.6 Å². The standard InChI is InChI=1S/C29H38N4O5/c1-18(2)24(32-28(36)38-29(5,6)7)27(35)33(16-15-30)25(23-14-9-19(3)17-20(23)4)26(34)31-21-10-12-22(37-8)13-11-21/h9-14,17-18,24-25H,16H2,1-8H3,(H,31,34)(H,32,36). The number of ether oxygens (including phenoxy) is 2. The van der Waals surface area contributed by atoms with Crippen molar-refractivity contribution in [3.63, 3.8) is 0 Å². The smallest absolute Gasteiger partial charge is 0.408 e. The molecule has 2 N–H and O–H groups in total. The molecule has 0 aromatic heterocycles. The highest BCUT2D eigenvalue weighted by Gasteiger charge is 2.38. The Morgan fingerprint density at radius 2 is 1.68 bits per heavy atom. The summed E-state index contributed by atoms with van der Waals surface area (Å²) in [4.78, 5) is 41.5. The Hall–Kier alpha value is -4.06. The molecule has 0 heterocycles. The van der Waals surface area contributed by atoms with E-state index in [-0.39, 0.29) is 12.5 Å². The second-order valence-electron chi connectivity index (χ2n) is 10.5. The lowest BCUT2D eigenvalue weighted by atomic mass is 9.95. The number of carbonyl (C=O) groups is 3. The summed E-state index contributed by atoms with van der Waals surface area (Å²) in [6.45, 7) is 12.1. The van der Waals surface area contributed by atoms with Crippen LogP contribution < -0.4 is 15.4 Å². The van der Waals surface area contributed by atoms with Crippen molar-refractivity contribution >= 4 is 23.6 Å². The summed E-state index contributed by atoms with van der Waals surface area (Å²) in [5.41, 5.74) is 2.09. The number of alkyl carbamates (subject to hydrolysis) is 1. The van der Waals surface area contributed by atoms with Crippen LogP contribution in [-0.4, -0.2) is 48.1 Å². The van der Waals surface area contributed by atoms with Crippen molar-refractivity contribution in [1.29, 1.82) is 5.26 Å². The quantitative estimate of drug-likeness (QED) is 0.452. The lowest BCUT2D eigenvalue weighted by Crippen LogP contribution is -2.54. The van der Waals surface area contributed by atoms with E-state index in [0.717, 1.165) is 11.1 Å². The van der Waals surface area contributed by atoms with E-state index in [1.165, 1.54) is 4.90 Å². The molecule has 2 aromatic carbocycles. The summed E-state index contributed by atoms with van der Waals surface area (Å²) in [6, 6.07) is 12.2. The highest BCUT2D eigenvalue weighted by molar-refractivity contribution is 5.99. The Morgan fingerprint density at radius 3 is 2.18 bits per heavy atom. The first-order valence-corrected chi connectivity index (χ1v) is 12.5. The van der Waals surface area contributed by atoms with E-state index in [4.69, 9.17) is 9.47 Å². The van der Waals surface area contributed by atoms with Crippen LogP contribution in [0.1, 0.15) is 57.4 Å². The van der Waals surface area contributed by atoms with Crippen molar-refractivity contribution in [2.24, 2.45) is 5.92 Å². The summed E-state index contributed by atoms with van der Waals surface area (Å²) >= 11 is 0. The highest BCUT2D eigenvalue weighted by Crippen LogP contribution is 2.28. The lowest BCUT2D eigenvalue weighted by molar-refractivity contribution is -0.141. The molecule has 0 aliphatic heterocycles. The molecule has 38 heavy (non-hydrogen) atoms. The number of rotatable bonds is 9. The maximum atomic E-state index is 13.9. The van der Waals surface area contributed by atoms with Crippen LogP contribution in [-0.2, 0) is 14.3 Å². The van der Waals surface area contributed by atoms with Gasteiger partial charge < -0.3 is 25.0 Å². The van der Waals surface area contributed by atoms with Crippen LogP contribution in [0.4, 0.5) is 10.5 Å². The number of hydrogen-bond donors (Lipinski definition) is 2. The monoisotopic (exact) mass is 522 g/mol. The first-order valence-electron chi connectivity index (χ1n) is 12.5. The Kier molecular flexibility index (Phi) is 10.3. The predicted molar refractivity (Wildman–Crippen MR) is 146 cm³/mol. The fraction of sp³-hybridized carbons (Fsp3) is 0.448. The number of methoxy groups -OCH3 is 1. The molecular weight excluding hydrogens is 484 g/mol. The second kappa shape index (κ2) is 13.0. The molecule has 0 bridgehead atoms. The molecule has 0 aliphatic carbocycles. The predicted octanol–water partition coefficient (Wildman–Crippen LogP) is 4.89. The maximum Gasteiger partial charge on any atom is 0.408 e. The molecule has 2 rings (SSSR count). The third kappa shape index (κ3) is 8.23. The average Bonchev–Trinajstić information content (AvgIpc) is 2.82. The van der Waals surface area contributed by atoms with Gasteiger partial charge in [-0.25, -0.2) is 4.79 Å². The van der Waals surface area contributed by atoms with E-state index in [1.54, 1.807) is 72.1 Å². The fourth-order valence-electron chi connectivity index (χ4n) is 3.97. The zero-order valence-corrected chi connectivity index (χ0v) is 23.4. The van der Waals surface area contributed by atoms with Gasteiger partial charge in [-0.15, -0.1) is 0 Å². The van der Waals surface area contributed by atoms with Gasteiger partial charge in [0.1, 0.15) is 30.0 Å². The third-order valence-electron chi connectivity index (χ3n) is 5.77. The molecule has 2 unspecified atom stereocenters. The molecule has 0 saturated carbocycles. The van der Waals surface area contributed by atoms with E-state index < -0.39 is 35.6 Å². The number of nitrogens with one attached hydrogen (secondary N) is 2. The molecule has 204 valence electrons. The molecule has 2 atom stereocenters. The number of hydrogen-bond acceptors (Lipinski definition) is 6. The van der Waals surface area contributed by atoms with Crippen molar-refractivity contribution in [2.45, 2.75) is 66.2 Å². The largest absolute Gasteiger partial charge is 0.497 e. The summed E-state index contributed by atoms with van der Waals surface area (Å²) in [5, 5.41) is 15.2. The van der Waals surface area contributed by atoms with Gasteiger partial charge >= 0.3 is 6.09 Å². The van der Waals surface area contributed by atoms with Gasteiger partial charge in [0.05, 0.1) is 13.2 Å². The van der Waals surface area contributed by atoms with E-state index in [2.05, 4.69) is 10.6 Å². The summed E-state index contributed by atoms with van der Waals surface area (Å²) in [5.74, 6) is -0.781. The van der Waals surface area contributed by atoms with Crippen LogP contribution in [0.15, 0.2) is 42.5 Å². The fourth-order valence-corrected chi connectivity index (χ4v) is 3.97. The van der Waals surface area contributed by atoms with E-state index in [0.29, 0.717) is 17.0 Å². The SMILES string of the molecule is COc1ccc(NC(=O)C(c2ccc(C)cc2C)N(CC#N)C(=O)C(NC(=O)OC(C)(C)C)C(C)C)cc1. The van der Waals surface area contributed by atoms with Crippen LogP contribution in [0.5, 0.6) is 5.75 Å². The van der Waals surface area contributed by atoms with Crippen LogP contribution in [0.2, 0.25) is 0 Å². The number of carbonyl (C=O) groups excluding carboxylic acids is 3. The number of anilines is 1. The normalized spacial score (nSPS) is 12.6. The topological polar surface area (TPSA) is 121 Å². The third-order valence-corrected chi connectivity index (χ3v) is 5.77. The maximum absolute atomic E-state index is 13.9. The minimum atomic E-state index is -1.13.